The smallest absolute Gasteiger partial charge is 0.243 e. The Labute approximate surface area is 115 Å². The normalized spacial score (nSPS) is 15.4. The molecule has 0 aliphatic carbocycles. The molecule has 0 radical (unpaired) electrons. The summed E-state index contributed by atoms with van der Waals surface area (Å²) in [4.78, 5) is 4.24. The lowest BCUT2D eigenvalue weighted by atomic mass is 10.1. The maximum atomic E-state index is 5.96. The molecular weight excluding hydrogens is 266 g/mol. The molecule has 0 amide bonds. The maximum Gasteiger partial charge on any atom is 0.243 e. The second kappa shape index (κ2) is 4.68. The van der Waals surface area contributed by atoms with Crippen LogP contribution in [0.1, 0.15) is 30.2 Å². The van der Waals surface area contributed by atoms with E-state index in [2.05, 4.69) is 10.1 Å². The second-order valence-corrected chi connectivity index (χ2v) is 4.82. The van der Waals surface area contributed by atoms with Gasteiger partial charge in [-0.1, -0.05) is 16.8 Å². The molecule has 0 saturated carbocycles. The summed E-state index contributed by atoms with van der Waals surface area (Å²) >= 11 is 5.96. The van der Waals surface area contributed by atoms with E-state index >= 15 is 0 Å². The van der Waals surface area contributed by atoms with Gasteiger partial charge in [0.25, 0.3) is 0 Å². The summed E-state index contributed by atoms with van der Waals surface area (Å²) in [7, 11) is 0. The van der Waals surface area contributed by atoms with Gasteiger partial charge in [-0.05, 0) is 31.2 Å². The minimum atomic E-state index is -0.284. The largest absolute Gasteiger partial charge is 0.488 e. The topological polar surface area (TPSA) is 74.2 Å². The van der Waals surface area contributed by atoms with Gasteiger partial charge in [0.2, 0.25) is 11.7 Å². The maximum absolute atomic E-state index is 5.96. The first-order chi connectivity index (χ1) is 9.13. The van der Waals surface area contributed by atoms with Crippen LogP contribution in [-0.2, 0) is 0 Å². The number of rotatable bonds is 2. The van der Waals surface area contributed by atoms with Crippen molar-refractivity contribution in [3.8, 4) is 5.75 Å². The fourth-order valence-electron chi connectivity index (χ4n) is 1.83. The summed E-state index contributed by atoms with van der Waals surface area (Å²) in [6.45, 7) is 2.19. The average Bonchev–Trinajstić information content (AvgIpc) is 2.87. The summed E-state index contributed by atoms with van der Waals surface area (Å²) in [6.07, 6.45) is 1.94. The zero-order chi connectivity index (χ0) is 13.4. The van der Waals surface area contributed by atoms with Crippen molar-refractivity contribution >= 4 is 23.3 Å². The minimum absolute atomic E-state index is 0.284. The molecule has 1 atom stereocenters. The van der Waals surface area contributed by atoms with Gasteiger partial charge in [-0.2, -0.15) is 4.98 Å². The Balaban J connectivity index is 1.97. The quantitative estimate of drug-likeness (QED) is 0.913. The molecule has 2 N–H and O–H groups in total. The highest BCUT2D eigenvalue weighted by atomic mass is 35.5. The van der Waals surface area contributed by atoms with Gasteiger partial charge in [-0.15, -0.1) is 0 Å². The monoisotopic (exact) mass is 277 g/mol. The standard InChI is InChI=1S/C13H12ClN3O2/c1-7(15)13-16-12(17-19-13)9-4-8-5-10(14)2-3-11(8)18-6-9/h2-5,7H,6,15H2,1H3. The van der Waals surface area contributed by atoms with Crippen molar-refractivity contribution in [1.82, 2.24) is 10.1 Å². The van der Waals surface area contributed by atoms with Crippen LogP contribution in [-0.4, -0.2) is 16.7 Å². The SMILES string of the molecule is CC(N)c1nc(C2=Cc3cc(Cl)ccc3OC2)no1. The number of nitrogens with two attached hydrogens (primary N) is 1. The van der Waals surface area contributed by atoms with E-state index in [9.17, 15) is 0 Å². The van der Waals surface area contributed by atoms with Crippen molar-refractivity contribution in [1.29, 1.82) is 0 Å². The van der Waals surface area contributed by atoms with E-state index in [1.807, 2.05) is 18.2 Å². The molecule has 5 nitrogen and oxygen atoms in total. The van der Waals surface area contributed by atoms with Crippen molar-refractivity contribution < 1.29 is 9.26 Å². The summed E-state index contributed by atoms with van der Waals surface area (Å²) in [6, 6.07) is 5.19. The Bertz CT molecular complexity index is 649. The number of hydrogen-bond acceptors (Lipinski definition) is 5. The van der Waals surface area contributed by atoms with E-state index in [1.54, 1.807) is 13.0 Å². The fourth-order valence-corrected chi connectivity index (χ4v) is 2.01. The third kappa shape index (κ3) is 2.34. The van der Waals surface area contributed by atoms with Crippen LogP contribution < -0.4 is 10.5 Å². The Morgan fingerprint density at radius 3 is 3.00 bits per heavy atom. The predicted molar refractivity (Wildman–Crippen MR) is 71.7 cm³/mol. The highest BCUT2D eigenvalue weighted by molar-refractivity contribution is 6.30. The minimum Gasteiger partial charge on any atom is -0.488 e. The van der Waals surface area contributed by atoms with Gasteiger partial charge < -0.3 is 15.0 Å². The molecule has 0 bridgehead atoms. The van der Waals surface area contributed by atoms with E-state index in [1.165, 1.54) is 0 Å². The number of aromatic nitrogens is 2. The molecule has 1 aromatic carbocycles. The number of nitrogens with zero attached hydrogens (tertiary/aromatic N) is 2. The fraction of sp³-hybridized carbons (Fsp3) is 0.231. The molecule has 98 valence electrons. The molecule has 2 aromatic rings. The first-order valence-electron chi connectivity index (χ1n) is 5.86. The zero-order valence-corrected chi connectivity index (χ0v) is 11.0. The van der Waals surface area contributed by atoms with Gasteiger partial charge >= 0.3 is 0 Å². The molecule has 6 heteroatoms. The van der Waals surface area contributed by atoms with Gasteiger partial charge in [0.05, 0.1) is 6.04 Å². The predicted octanol–water partition coefficient (Wildman–Crippen LogP) is 2.68. The van der Waals surface area contributed by atoms with Crippen molar-refractivity contribution in [2.75, 3.05) is 6.61 Å². The summed E-state index contributed by atoms with van der Waals surface area (Å²) in [5, 5.41) is 4.57. The number of hydrogen-bond donors (Lipinski definition) is 1. The third-order valence-corrected chi connectivity index (χ3v) is 3.04. The van der Waals surface area contributed by atoms with Crippen molar-refractivity contribution in [2.24, 2.45) is 5.73 Å². The van der Waals surface area contributed by atoms with Crippen LogP contribution in [0.5, 0.6) is 5.75 Å². The first-order valence-corrected chi connectivity index (χ1v) is 6.24. The van der Waals surface area contributed by atoms with Crippen LogP contribution in [0.3, 0.4) is 0 Å². The Morgan fingerprint density at radius 2 is 2.26 bits per heavy atom. The van der Waals surface area contributed by atoms with Crippen molar-refractivity contribution in [2.45, 2.75) is 13.0 Å². The molecular formula is C13H12ClN3O2. The van der Waals surface area contributed by atoms with Crippen LogP contribution >= 0.6 is 11.6 Å². The van der Waals surface area contributed by atoms with Crippen molar-refractivity contribution in [3.63, 3.8) is 0 Å². The van der Waals surface area contributed by atoms with Crippen LogP contribution in [0.2, 0.25) is 5.02 Å². The van der Waals surface area contributed by atoms with E-state index in [-0.39, 0.29) is 6.04 Å². The molecule has 3 rings (SSSR count). The number of fused-ring (bicyclic) bond motifs is 1. The number of benzene rings is 1. The van der Waals surface area contributed by atoms with E-state index in [0.29, 0.717) is 23.3 Å². The summed E-state index contributed by atoms with van der Waals surface area (Å²) in [5.74, 6) is 1.70. The average molecular weight is 278 g/mol. The van der Waals surface area contributed by atoms with E-state index < -0.39 is 0 Å². The second-order valence-electron chi connectivity index (χ2n) is 4.39. The summed E-state index contributed by atoms with van der Waals surface area (Å²) < 4.78 is 10.7. The number of halogens is 1. The van der Waals surface area contributed by atoms with Crippen LogP contribution in [0, 0.1) is 0 Å². The molecule has 0 fully saturated rings. The van der Waals surface area contributed by atoms with Gasteiger partial charge in [0.15, 0.2) is 0 Å². The molecule has 1 aliphatic rings. The lowest BCUT2D eigenvalue weighted by Crippen LogP contribution is -2.08. The van der Waals surface area contributed by atoms with Crippen LogP contribution in [0.25, 0.3) is 11.6 Å². The third-order valence-electron chi connectivity index (χ3n) is 2.80. The highest BCUT2D eigenvalue weighted by Crippen LogP contribution is 2.31. The lowest BCUT2D eigenvalue weighted by Gasteiger charge is -2.16. The number of ether oxygens (including phenoxy) is 1. The molecule has 0 spiro atoms. The Kier molecular flexibility index (Phi) is 3.00. The zero-order valence-electron chi connectivity index (χ0n) is 10.3. The lowest BCUT2D eigenvalue weighted by molar-refractivity contribution is 0.353. The van der Waals surface area contributed by atoms with Crippen molar-refractivity contribution in [3.05, 3.63) is 40.5 Å². The Hall–Kier alpha value is -1.85. The van der Waals surface area contributed by atoms with Crippen LogP contribution in [0.15, 0.2) is 22.7 Å². The molecule has 1 aliphatic heterocycles. The highest BCUT2D eigenvalue weighted by Gasteiger charge is 2.18. The molecule has 0 saturated heterocycles. The molecule has 2 heterocycles. The van der Waals surface area contributed by atoms with Gasteiger partial charge in [0, 0.05) is 16.2 Å². The van der Waals surface area contributed by atoms with Gasteiger partial charge in [0.1, 0.15) is 12.4 Å². The molecule has 1 aromatic heterocycles. The van der Waals surface area contributed by atoms with Gasteiger partial charge in [-0.25, -0.2) is 0 Å². The Morgan fingerprint density at radius 1 is 1.42 bits per heavy atom. The first kappa shape index (κ1) is 12.2. The van der Waals surface area contributed by atoms with Crippen LogP contribution in [0.4, 0.5) is 0 Å². The molecule has 1 unspecified atom stereocenters. The van der Waals surface area contributed by atoms with Gasteiger partial charge in [-0.3, -0.25) is 0 Å². The summed E-state index contributed by atoms with van der Waals surface area (Å²) in [5.41, 5.74) is 7.43. The molecule has 19 heavy (non-hydrogen) atoms. The van der Waals surface area contributed by atoms with E-state index in [0.717, 1.165) is 16.9 Å². The van der Waals surface area contributed by atoms with E-state index in [4.69, 9.17) is 26.6 Å².